The average molecular weight is 364 g/mol. The second-order valence-electron chi connectivity index (χ2n) is 5.26. The van der Waals surface area contributed by atoms with Gasteiger partial charge < -0.3 is 14.8 Å². The van der Waals surface area contributed by atoms with Crippen molar-refractivity contribution in [1.82, 2.24) is 4.72 Å². The molecule has 25 heavy (non-hydrogen) atoms. The molecular formula is C17H20N2O5S. The highest BCUT2D eigenvalue weighted by Crippen LogP contribution is 2.28. The third-order valence-electron chi connectivity index (χ3n) is 3.40. The van der Waals surface area contributed by atoms with Gasteiger partial charge in [0, 0.05) is 6.07 Å². The number of carbonyl (C=O) groups is 1. The first-order chi connectivity index (χ1) is 11.9. The van der Waals surface area contributed by atoms with Crippen LogP contribution in [0.1, 0.15) is 5.56 Å². The zero-order chi connectivity index (χ0) is 18.4. The summed E-state index contributed by atoms with van der Waals surface area (Å²) in [5.74, 6) is 0.454. The summed E-state index contributed by atoms with van der Waals surface area (Å²) in [7, 11) is -0.792. The molecule has 1 amide bonds. The third-order valence-corrected chi connectivity index (χ3v) is 4.80. The number of sulfonamides is 1. The lowest BCUT2D eigenvalue weighted by Crippen LogP contribution is -2.33. The van der Waals surface area contributed by atoms with Crippen LogP contribution in [0.25, 0.3) is 0 Å². The molecule has 0 saturated heterocycles. The fourth-order valence-electron chi connectivity index (χ4n) is 2.13. The molecule has 2 aromatic rings. The Labute approximate surface area is 147 Å². The zero-order valence-corrected chi connectivity index (χ0v) is 15.0. The van der Waals surface area contributed by atoms with Crippen molar-refractivity contribution in [2.24, 2.45) is 0 Å². The number of aryl methyl sites for hydroxylation is 1. The van der Waals surface area contributed by atoms with E-state index in [1.807, 2.05) is 0 Å². The van der Waals surface area contributed by atoms with E-state index in [0.29, 0.717) is 17.2 Å². The molecule has 0 unspecified atom stereocenters. The van der Waals surface area contributed by atoms with Gasteiger partial charge in [0.25, 0.3) is 0 Å². The van der Waals surface area contributed by atoms with Gasteiger partial charge in [-0.15, -0.1) is 0 Å². The summed E-state index contributed by atoms with van der Waals surface area (Å²) in [6, 6.07) is 11.4. The number of benzene rings is 2. The van der Waals surface area contributed by atoms with Gasteiger partial charge in [-0.05, 0) is 36.8 Å². The molecule has 0 aliphatic rings. The molecule has 0 aliphatic carbocycles. The summed E-state index contributed by atoms with van der Waals surface area (Å²) in [6.45, 7) is 1.39. The van der Waals surface area contributed by atoms with Gasteiger partial charge in [0.15, 0.2) is 0 Å². The number of carbonyl (C=O) groups excluding carboxylic acids is 1. The lowest BCUT2D eigenvalue weighted by atomic mass is 10.2. The quantitative estimate of drug-likeness (QED) is 0.783. The molecular weight excluding hydrogens is 344 g/mol. The highest BCUT2D eigenvalue weighted by molar-refractivity contribution is 7.89. The Morgan fingerprint density at radius 1 is 1.08 bits per heavy atom. The van der Waals surface area contributed by atoms with Crippen molar-refractivity contribution < 1.29 is 22.7 Å². The minimum atomic E-state index is -3.77. The lowest BCUT2D eigenvalue weighted by molar-refractivity contribution is -0.115. The number of methoxy groups -OCH3 is 2. The first kappa shape index (κ1) is 18.8. The van der Waals surface area contributed by atoms with E-state index in [2.05, 4.69) is 10.0 Å². The van der Waals surface area contributed by atoms with Crippen LogP contribution in [-0.2, 0) is 14.8 Å². The summed E-state index contributed by atoms with van der Waals surface area (Å²) in [5, 5.41) is 2.60. The minimum Gasteiger partial charge on any atom is -0.497 e. The molecule has 0 saturated carbocycles. The summed E-state index contributed by atoms with van der Waals surface area (Å²) >= 11 is 0. The van der Waals surface area contributed by atoms with Crippen LogP contribution in [0, 0.1) is 6.92 Å². The van der Waals surface area contributed by atoms with E-state index in [-0.39, 0.29) is 4.90 Å². The van der Waals surface area contributed by atoms with E-state index >= 15 is 0 Å². The number of amides is 1. The molecule has 2 N–H and O–H groups in total. The molecule has 0 aliphatic heterocycles. The maximum Gasteiger partial charge on any atom is 0.241 e. The number of rotatable bonds is 7. The van der Waals surface area contributed by atoms with Crippen molar-refractivity contribution in [2.45, 2.75) is 11.8 Å². The largest absolute Gasteiger partial charge is 0.497 e. The topological polar surface area (TPSA) is 93.7 Å². The Morgan fingerprint density at radius 3 is 2.48 bits per heavy atom. The first-order valence-electron chi connectivity index (χ1n) is 7.44. The van der Waals surface area contributed by atoms with E-state index in [1.165, 1.54) is 26.4 Å². The molecule has 0 fully saturated rings. The van der Waals surface area contributed by atoms with Crippen LogP contribution in [0.5, 0.6) is 11.5 Å². The fourth-order valence-corrected chi connectivity index (χ4v) is 3.22. The molecule has 8 heteroatoms. The molecule has 7 nitrogen and oxygen atoms in total. The number of hydrogen-bond acceptors (Lipinski definition) is 5. The van der Waals surface area contributed by atoms with Gasteiger partial charge in [-0.25, -0.2) is 13.1 Å². The van der Waals surface area contributed by atoms with Crippen LogP contribution in [-0.4, -0.2) is 35.1 Å². The smallest absolute Gasteiger partial charge is 0.241 e. The summed E-state index contributed by atoms with van der Waals surface area (Å²) < 4.78 is 37.0. The van der Waals surface area contributed by atoms with E-state index in [4.69, 9.17) is 9.47 Å². The third kappa shape index (κ3) is 4.94. The van der Waals surface area contributed by atoms with Crippen molar-refractivity contribution in [3.05, 3.63) is 48.0 Å². The second kappa shape index (κ2) is 8.00. The molecule has 2 aromatic carbocycles. The SMILES string of the molecule is COc1ccc(OC)c(NC(=O)CNS(=O)(=O)c2cccc(C)c2)c1. The van der Waals surface area contributed by atoms with Crippen LogP contribution in [0.2, 0.25) is 0 Å². The lowest BCUT2D eigenvalue weighted by Gasteiger charge is -2.12. The second-order valence-corrected chi connectivity index (χ2v) is 7.02. The highest BCUT2D eigenvalue weighted by atomic mass is 32.2. The van der Waals surface area contributed by atoms with E-state index in [1.54, 1.807) is 37.3 Å². The molecule has 2 rings (SSSR count). The summed E-state index contributed by atoms with van der Waals surface area (Å²) in [6.07, 6.45) is 0. The molecule has 0 heterocycles. The maximum absolute atomic E-state index is 12.2. The van der Waals surface area contributed by atoms with E-state index in [9.17, 15) is 13.2 Å². The highest BCUT2D eigenvalue weighted by Gasteiger charge is 2.16. The standard InChI is InChI=1S/C17H20N2O5S/c1-12-5-4-6-14(9-12)25(21,22)18-11-17(20)19-15-10-13(23-2)7-8-16(15)24-3/h4-10,18H,11H2,1-3H3,(H,19,20). The van der Waals surface area contributed by atoms with Crippen LogP contribution in [0.4, 0.5) is 5.69 Å². The Hall–Kier alpha value is -2.58. The van der Waals surface area contributed by atoms with Gasteiger partial charge in [-0.3, -0.25) is 4.79 Å². The van der Waals surface area contributed by atoms with Gasteiger partial charge in [-0.1, -0.05) is 12.1 Å². The van der Waals surface area contributed by atoms with Gasteiger partial charge >= 0.3 is 0 Å². The molecule has 0 spiro atoms. The number of nitrogens with one attached hydrogen (secondary N) is 2. The van der Waals surface area contributed by atoms with Gasteiger partial charge in [-0.2, -0.15) is 0 Å². The van der Waals surface area contributed by atoms with Crippen LogP contribution in [0.3, 0.4) is 0 Å². The molecule has 0 radical (unpaired) electrons. The van der Waals surface area contributed by atoms with E-state index in [0.717, 1.165) is 5.56 Å². The number of hydrogen-bond donors (Lipinski definition) is 2. The predicted octanol–water partition coefficient (Wildman–Crippen LogP) is 1.93. The monoisotopic (exact) mass is 364 g/mol. The van der Waals surface area contributed by atoms with Crippen molar-refractivity contribution >= 4 is 21.6 Å². The Kier molecular flexibility index (Phi) is 6.00. The van der Waals surface area contributed by atoms with Crippen molar-refractivity contribution in [1.29, 1.82) is 0 Å². The van der Waals surface area contributed by atoms with Crippen LogP contribution < -0.4 is 19.5 Å². The Bertz CT molecular complexity index is 865. The Morgan fingerprint density at radius 2 is 1.84 bits per heavy atom. The number of ether oxygens (including phenoxy) is 2. The van der Waals surface area contributed by atoms with Crippen molar-refractivity contribution in [2.75, 3.05) is 26.1 Å². The molecule has 0 aromatic heterocycles. The normalized spacial score (nSPS) is 11.0. The zero-order valence-electron chi connectivity index (χ0n) is 14.2. The fraction of sp³-hybridized carbons (Fsp3) is 0.235. The number of anilines is 1. The van der Waals surface area contributed by atoms with Gasteiger partial charge in [0.05, 0.1) is 31.3 Å². The van der Waals surface area contributed by atoms with Crippen molar-refractivity contribution in [3.8, 4) is 11.5 Å². The van der Waals surface area contributed by atoms with Gasteiger partial charge in [0.2, 0.25) is 15.9 Å². The summed E-state index contributed by atoms with van der Waals surface area (Å²) in [5.41, 5.74) is 1.20. The summed E-state index contributed by atoms with van der Waals surface area (Å²) in [4.78, 5) is 12.2. The van der Waals surface area contributed by atoms with Crippen LogP contribution in [0.15, 0.2) is 47.4 Å². The Balaban J connectivity index is 2.06. The maximum atomic E-state index is 12.2. The van der Waals surface area contributed by atoms with Crippen LogP contribution >= 0.6 is 0 Å². The van der Waals surface area contributed by atoms with E-state index < -0.39 is 22.5 Å². The average Bonchev–Trinajstić information content (AvgIpc) is 2.60. The minimum absolute atomic E-state index is 0.110. The van der Waals surface area contributed by atoms with Gasteiger partial charge in [0.1, 0.15) is 11.5 Å². The molecule has 134 valence electrons. The predicted molar refractivity (Wildman–Crippen MR) is 94.5 cm³/mol. The molecule has 0 atom stereocenters. The molecule has 0 bridgehead atoms. The first-order valence-corrected chi connectivity index (χ1v) is 8.92. The van der Waals surface area contributed by atoms with Crippen molar-refractivity contribution in [3.63, 3.8) is 0 Å².